The van der Waals surface area contributed by atoms with Gasteiger partial charge in [-0.1, -0.05) is 32.0 Å². The van der Waals surface area contributed by atoms with E-state index < -0.39 is 5.82 Å². The van der Waals surface area contributed by atoms with E-state index in [4.69, 9.17) is 15.6 Å². The van der Waals surface area contributed by atoms with Crippen LogP contribution in [0, 0.1) is 5.82 Å². The third-order valence-corrected chi connectivity index (χ3v) is 7.03. The lowest BCUT2D eigenvalue weighted by Gasteiger charge is -2.35. The number of hydrogen-bond acceptors (Lipinski definition) is 6. The van der Waals surface area contributed by atoms with Gasteiger partial charge in [0.25, 0.3) is 0 Å². The monoisotopic (exact) mass is 474 g/mol. The van der Waals surface area contributed by atoms with Crippen molar-refractivity contribution < 1.29 is 9.13 Å². The minimum absolute atomic E-state index is 0.191. The molecule has 35 heavy (non-hydrogen) atoms. The van der Waals surface area contributed by atoms with Crippen molar-refractivity contribution >= 4 is 16.9 Å². The van der Waals surface area contributed by atoms with Crippen LogP contribution >= 0.6 is 0 Å². The quantitative estimate of drug-likeness (QED) is 0.363. The number of hydrogen-bond donors (Lipinski definition) is 1. The maximum absolute atomic E-state index is 15.4. The van der Waals surface area contributed by atoms with Crippen molar-refractivity contribution in [3.8, 4) is 22.8 Å². The highest BCUT2D eigenvalue weighted by molar-refractivity contribution is 5.98. The highest BCUT2D eigenvalue weighted by atomic mass is 19.1. The SMILES string of the molecule is CCN(CC)C1CCC(n2nc(-c3ccc(Oc4ccccc4)cc3F)c3c(N)ncnc32)CC1. The van der Waals surface area contributed by atoms with Crippen LogP contribution in [0.15, 0.2) is 54.9 Å². The average molecular weight is 475 g/mol. The molecule has 0 amide bonds. The summed E-state index contributed by atoms with van der Waals surface area (Å²) in [6.07, 6.45) is 5.64. The first-order chi connectivity index (χ1) is 17.1. The molecule has 1 aliphatic carbocycles. The standard InChI is InChI=1S/C27H31FN6O/c1-3-33(4-2)18-10-12-19(13-11-18)34-27-24(26(29)30-17-31-27)25(32-34)22-15-14-21(16-23(22)28)35-20-8-6-5-7-9-20/h5-9,14-19H,3-4,10-13H2,1-2H3,(H2,29,30,31). The molecule has 2 aromatic carbocycles. The fraction of sp³-hybridized carbons (Fsp3) is 0.370. The predicted octanol–water partition coefficient (Wildman–Crippen LogP) is 5.83. The Kier molecular flexibility index (Phi) is 6.63. The predicted molar refractivity (Wildman–Crippen MR) is 136 cm³/mol. The van der Waals surface area contributed by atoms with E-state index in [1.54, 1.807) is 12.1 Å². The maximum Gasteiger partial charge on any atom is 0.164 e. The van der Waals surface area contributed by atoms with Gasteiger partial charge in [0.1, 0.15) is 35.2 Å². The van der Waals surface area contributed by atoms with Crippen molar-refractivity contribution in [2.45, 2.75) is 51.6 Å². The molecule has 2 heterocycles. The summed E-state index contributed by atoms with van der Waals surface area (Å²) in [7, 11) is 0. The Labute approximate surface area is 204 Å². The van der Waals surface area contributed by atoms with Gasteiger partial charge in [-0.15, -0.1) is 0 Å². The summed E-state index contributed by atoms with van der Waals surface area (Å²) in [5, 5.41) is 5.46. The Hall–Kier alpha value is -3.52. The number of nitrogen functional groups attached to an aromatic ring is 1. The van der Waals surface area contributed by atoms with Crippen LogP contribution in [0.2, 0.25) is 0 Å². The number of benzene rings is 2. The van der Waals surface area contributed by atoms with Gasteiger partial charge in [-0.2, -0.15) is 5.10 Å². The number of nitrogens with zero attached hydrogens (tertiary/aromatic N) is 5. The van der Waals surface area contributed by atoms with Crippen molar-refractivity contribution in [3.05, 3.63) is 60.7 Å². The number of nitrogens with two attached hydrogens (primary N) is 1. The molecule has 0 saturated heterocycles. The molecule has 8 heteroatoms. The highest BCUT2D eigenvalue weighted by Crippen LogP contribution is 2.38. The summed E-state index contributed by atoms with van der Waals surface area (Å²) in [6, 6.07) is 14.9. The smallest absolute Gasteiger partial charge is 0.164 e. The summed E-state index contributed by atoms with van der Waals surface area (Å²) in [5.41, 5.74) is 7.73. The summed E-state index contributed by atoms with van der Waals surface area (Å²) in [4.78, 5) is 11.2. The zero-order chi connectivity index (χ0) is 24.4. The van der Waals surface area contributed by atoms with Crippen LogP contribution in [0.5, 0.6) is 11.5 Å². The second kappa shape index (κ2) is 10.00. The molecule has 4 aromatic rings. The number of para-hydroxylation sites is 1. The van der Waals surface area contributed by atoms with E-state index >= 15 is 4.39 Å². The number of ether oxygens (including phenoxy) is 1. The van der Waals surface area contributed by atoms with Crippen LogP contribution in [0.4, 0.5) is 10.2 Å². The molecule has 7 nitrogen and oxygen atoms in total. The van der Waals surface area contributed by atoms with Crippen LogP contribution in [0.1, 0.15) is 45.6 Å². The van der Waals surface area contributed by atoms with Crippen molar-refractivity contribution in [1.82, 2.24) is 24.6 Å². The highest BCUT2D eigenvalue weighted by Gasteiger charge is 2.29. The lowest BCUT2D eigenvalue weighted by molar-refractivity contribution is 0.148. The summed E-state index contributed by atoms with van der Waals surface area (Å²) >= 11 is 0. The third-order valence-electron chi connectivity index (χ3n) is 7.03. The average Bonchev–Trinajstić information content (AvgIpc) is 3.27. The molecule has 5 rings (SSSR count). The Morgan fingerprint density at radius 2 is 1.74 bits per heavy atom. The molecule has 0 bridgehead atoms. The van der Waals surface area contributed by atoms with Gasteiger partial charge in [-0.05, 0) is 63.0 Å². The molecule has 2 N–H and O–H groups in total. The largest absolute Gasteiger partial charge is 0.457 e. The fourth-order valence-corrected chi connectivity index (χ4v) is 5.22. The van der Waals surface area contributed by atoms with E-state index in [2.05, 4.69) is 28.7 Å². The van der Waals surface area contributed by atoms with E-state index in [0.29, 0.717) is 45.6 Å². The van der Waals surface area contributed by atoms with Gasteiger partial charge in [0, 0.05) is 17.7 Å². The van der Waals surface area contributed by atoms with E-state index in [-0.39, 0.29) is 6.04 Å². The van der Waals surface area contributed by atoms with Gasteiger partial charge in [0.15, 0.2) is 5.65 Å². The molecule has 1 saturated carbocycles. The van der Waals surface area contributed by atoms with Crippen molar-refractivity contribution in [2.24, 2.45) is 0 Å². The molecular formula is C27H31FN6O. The number of aromatic nitrogens is 4. The summed E-state index contributed by atoms with van der Waals surface area (Å²) < 4.78 is 23.1. The first kappa shape index (κ1) is 23.2. The van der Waals surface area contributed by atoms with Crippen molar-refractivity contribution in [1.29, 1.82) is 0 Å². The van der Waals surface area contributed by atoms with Gasteiger partial charge in [0.05, 0.1) is 11.4 Å². The van der Waals surface area contributed by atoms with Crippen LogP contribution < -0.4 is 10.5 Å². The van der Waals surface area contributed by atoms with Crippen LogP contribution in [0.25, 0.3) is 22.3 Å². The molecule has 0 spiro atoms. The summed E-state index contributed by atoms with van der Waals surface area (Å²) in [6.45, 7) is 6.56. The molecule has 0 atom stereocenters. The van der Waals surface area contributed by atoms with Gasteiger partial charge in [-0.3, -0.25) is 0 Å². The van der Waals surface area contributed by atoms with E-state index in [0.717, 1.165) is 38.8 Å². The van der Waals surface area contributed by atoms with Gasteiger partial charge in [0.2, 0.25) is 0 Å². The molecular weight excluding hydrogens is 443 g/mol. The Balaban J connectivity index is 1.47. The number of halogens is 1. The van der Waals surface area contributed by atoms with E-state index in [1.807, 2.05) is 35.0 Å². The summed E-state index contributed by atoms with van der Waals surface area (Å²) in [5.74, 6) is 0.933. The van der Waals surface area contributed by atoms with Crippen molar-refractivity contribution in [2.75, 3.05) is 18.8 Å². The fourth-order valence-electron chi connectivity index (χ4n) is 5.22. The zero-order valence-corrected chi connectivity index (χ0v) is 20.2. The van der Waals surface area contributed by atoms with Crippen molar-refractivity contribution in [3.63, 3.8) is 0 Å². The lowest BCUT2D eigenvalue weighted by Crippen LogP contribution is -2.38. The second-order valence-corrected chi connectivity index (χ2v) is 8.99. The first-order valence-electron chi connectivity index (χ1n) is 12.3. The minimum atomic E-state index is -0.432. The van der Waals surface area contributed by atoms with E-state index in [9.17, 15) is 0 Å². The molecule has 0 radical (unpaired) electrons. The zero-order valence-electron chi connectivity index (χ0n) is 20.2. The Bertz CT molecular complexity index is 1300. The third kappa shape index (κ3) is 4.58. The number of anilines is 1. The Morgan fingerprint density at radius 1 is 1.00 bits per heavy atom. The number of rotatable bonds is 7. The van der Waals surface area contributed by atoms with Crippen LogP contribution in [-0.4, -0.2) is 43.8 Å². The molecule has 0 aliphatic heterocycles. The number of fused-ring (bicyclic) bond motifs is 1. The van der Waals surface area contributed by atoms with Crippen LogP contribution in [-0.2, 0) is 0 Å². The molecule has 2 aromatic heterocycles. The minimum Gasteiger partial charge on any atom is -0.457 e. The maximum atomic E-state index is 15.4. The molecule has 1 aliphatic rings. The Morgan fingerprint density at radius 3 is 2.43 bits per heavy atom. The van der Waals surface area contributed by atoms with Gasteiger partial charge in [-0.25, -0.2) is 19.0 Å². The molecule has 1 fully saturated rings. The molecule has 0 unspecified atom stereocenters. The molecule has 182 valence electrons. The topological polar surface area (TPSA) is 82.1 Å². The normalized spacial score (nSPS) is 18.3. The lowest BCUT2D eigenvalue weighted by atomic mass is 9.90. The first-order valence-corrected chi connectivity index (χ1v) is 12.3. The van der Waals surface area contributed by atoms with Gasteiger partial charge >= 0.3 is 0 Å². The van der Waals surface area contributed by atoms with Gasteiger partial charge < -0.3 is 15.4 Å². The van der Waals surface area contributed by atoms with E-state index in [1.165, 1.54) is 12.4 Å². The second-order valence-electron chi connectivity index (χ2n) is 8.99. The van der Waals surface area contributed by atoms with Crippen LogP contribution in [0.3, 0.4) is 0 Å².